The van der Waals surface area contributed by atoms with Crippen LogP contribution in [0.2, 0.25) is 0 Å². The van der Waals surface area contributed by atoms with Gasteiger partial charge in [-0.2, -0.15) is 11.8 Å². The molecule has 2 heterocycles. The van der Waals surface area contributed by atoms with Gasteiger partial charge in [0.15, 0.2) is 0 Å². The van der Waals surface area contributed by atoms with E-state index in [1.165, 1.54) is 37.6 Å². The van der Waals surface area contributed by atoms with Crippen LogP contribution >= 0.6 is 11.8 Å². The maximum Gasteiger partial charge on any atom is 0.0790 e. The number of rotatable bonds is 5. The Morgan fingerprint density at radius 1 is 1.15 bits per heavy atom. The number of thioether (sulfide) groups is 1. The van der Waals surface area contributed by atoms with Gasteiger partial charge in [0, 0.05) is 43.1 Å². The Hall–Kier alpha value is 0.230. The molecule has 2 unspecified atom stereocenters. The second kappa shape index (κ2) is 6.55. The molecular formula is C16H32N2OS. The summed E-state index contributed by atoms with van der Waals surface area (Å²) in [5.41, 5.74) is -0.118. The smallest absolute Gasteiger partial charge is 0.0790 e. The van der Waals surface area contributed by atoms with E-state index in [2.05, 4.69) is 56.6 Å². The second-order valence-electron chi connectivity index (χ2n) is 7.26. The molecule has 0 radical (unpaired) electrons. The third kappa shape index (κ3) is 3.70. The molecule has 2 aliphatic heterocycles. The minimum Gasteiger partial charge on any atom is -0.368 e. The molecule has 0 aliphatic carbocycles. The quantitative estimate of drug-likeness (QED) is 0.843. The van der Waals surface area contributed by atoms with Gasteiger partial charge in [0.2, 0.25) is 0 Å². The first kappa shape index (κ1) is 16.6. The normalized spacial score (nSPS) is 33.5. The zero-order valence-corrected chi connectivity index (χ0v) is 14.7. The number of ether oxygens (including phenoxy) is 1. The molecule has 0 aromatic heterocycles. The molecule has 4 heteroatoms. The van der Waals surface area contributed by atoms with Crippen LogP contribution in [0.1, 0.15) is 41.0 Å². The van der Waals surface area contributed by atoms with Crippen molar-refractivity contribution in [2.45, 2.75) is 58.3 Å². The Bertz CT molecular complexity index is 314. The molecule has 2 aliphatic rings. The van der Waals surface area contributed by atoms with Crippen molar-refractivity contribution in [1.82, 2.24) is 10.2 Å². The molecular weight excluding hydrogens is 268 g/mol. The summed E-state index contributed by atoms with van der Waals surface area (Å²) in [4.78, 5) is 2.63. The first-order chi connectivity index (χ1) is 9.37. The third-order valence-corrected chi connectivity index (χ3v) is 5.69. The van der Waals surface area contributed by atoms with Crippen molar-refractivity contribution in [3.63, 3.8) is 0 Å². The maximum absolute atomic E-state index is 6.41. The number of nitrogens with one attached hydrogen (secondary N) is 1. The molecule has 2 saturated heterocycles. The lowest BCUT2D eigenvalue weighted by Crippen LogP contribution is -2.52. The number of hydrogen-bond donors (Lipinski definition) is 1. The minimum absolute atomic E-state index is 0.0422. The fourth-order valence-electron chi connectivity index (χ4n) is 3.78. The molecule has 0 spiro atoms. The highest BCUT2D eigenvalue weighted by Crippen LogP contribution is 2.42. The molecule has 0 bridgehead atoms. The highest BCUT2D eigenvalue weighted by atomic mass is 32.2. The lowest BCUT2D eigenvalue weighted by atomic mass is 9.82. The maximum atomic E-state index is 6.41. The van der Waals surface area contributed by atoms with Crippen molar-refractivity contribution in [2.24, 2.45) is 5.92 Å². The van der Waals surface area contributed by atoms with Crippen LogP contribution in [0, 0.1) is 5.92 Å². The SMILES string of the molecule is CCCNC1C(CN2CCSCC2)C(C)(C)OC1(C)C. The van der Waals surface area contributed by atoms with E-state index in [1.807, 2.05) is 0 Å². The molecule has 2 fully saturated rings. The van der Waals surface area contributed by atoms with Crippen LogP contribution in [0.4, 0.5) is 0 Å². The van der Waals surface area contributed by atoms with Gasteiger partial charge < -0.3 is 15.0 Å². The van der Waals surface area contributed by atoms with Crippen LogP contribution in [0.15, 0.2) is 0 Å². The van der Waals surface area contributed by atoms with Gasteiger partial charge in [-0.05, 0) is 40.7 Å². The van der Waals surface area contributed by atoms with Crippen molar-refractivity contribution in [1.29, 1.82) is 0 Å². The highest BCUT2D eigenvalue weighted by molar-refractivity contribution is 7.99. The van der Waals surface area contributed by atoms with Gasteiger partial charge >= 0.3 is 0 Å². The van der Waals surface area contributed by atoms with E-state index in [-0.39, 0.29) is 11.2 Å². The summed E-state index contributed by atoms with van der Waals surface area (Å²) in [5.74, 6) is 3.13. The topological polar surface area (TPSA) is 24.5 Å². The minimum atomic E-state index is -0.0755. The number of hydrogen-bond acceptors (Lipinski definition) is 4. The zero-order chi connectivity index (χ0) is 14.8. The standard InChI is InChI=1S/C16H32N2OS/c1-6-7-17-14-13(12-18-8-10-20-11-9-18)15(2,3)19-16(14,4)5/h13-14,17H,6-12H2,1-5H3. The number of nitrogens with zero attached hydrogens (tertiary/aromatic N) is 1. The van der Waals surface area contributed by atoms with Crippen molar-refractivity contribution < 1.29 is 4.74 Å². The Balaban J connectivity index is 2.07. The molecule has 118 valence electrons. The van der Waals surface area contributed by atoms with Gasteiger partial charge in [-0.3, -0.25) is 0 Å². The molecule has 0 amide bonds. The second-order valence-corrected chi connectivity index (χ2v) is 8.48. The fourth-order valence-corrected chi connectivity index (χ4v) is 4.76. The van der Waals surface area contributed by atoms with Gasteiger partial charge in [-0.15, -0.1) is 0 Å². The van der Waals surface area contributed by atoms with E-state index in [0.717, 1.165) is 6.54 Å². The molecule has 2 rings (SSSR count). The van der Waals surface area contributed by atoms with Gasteiger partial charge in [-0.25, -0.2) is 0 Å². The van der Waals surface area contributed by atoms with Crippen molar-refractivity contribution in [3.8, 4) is 0 Å². The lowest BCUT2D eigenvalue weighted by Gasteiger charge is -2.36. The van der Waals surface area contributed by atoms with Gasteiger partial charge in [-0.1, -0.05) is 6.92 Å². The summed E-state index contributed by atoms with van der Waals surface area (Å²) in [5, 5.41) is 3.76. The third-order valence-electron chi connectivity index (χ3n) is 4.74. The first-order valence-corrected chi connectivity index (χ1v) is 9.26. The Morgan fingerprint density at radius 3 is 2.40 bits per heavy atom. The van der Waals surface area contributed by atoms with E-state index in [4.69, 9.17) is 4.74 Å². The van der Waals surface area contributed by atoms with E-state index in [0.29, 0.717) is 12.0 Å². The van der Waals surface area contributed by atoms with Crippen LogP contribution in [0.5, 0.6) is 0 Å². The average molecular weight is 301 g/mol. The summed E-state index contributed by atoms with van der Waals surface area (Å²) in [6, 6.07) is 0.451. The Morgan fingerprint density at radius 2 is 1.80 bits per heavy atom. The van der Waals surface area contributed by atoms with Crippen LogP contribution in [-0.2, 0) is 4.74 Å². The highest BCUT2D eigenvalue weighted by Gasteiger charge is 2.53. The Labute approximate surface area is 129 Å². The first-order valence-electron chi connectivity index (χ1n) is 8.10. The van der Waals surface area contributed by atoms with Gasteiger partial charge in [0.1, 0.15) is 0 Å². The van der Waals surface area contributed by atoms with E-state index < -0.39 is 0 Å². The van der Waals surface area contributed by atoms with Crippen LogP contribution in [0.25, 0.3) is 0 Å². The van der Waals surface area contributed by atoms with Crippen molar-refractivity contribution in [3.05, 3.63) is 0 Å². The van der Waals surface area contributed by atoms with E-state index in [1.54, 1.807) is 0 Å². The predicted octanol–water partition coefficient (Wildman–Crippen LogP) is 2.61. The van der Waals surface area contributed by atoms with Crippen LogP contribution in [0.3, 0.4) is 0 Å². The van der Waals surface area contributed by atoms with Crippen molar-refractivity contribution in [2.75, 3.05) is 37.7 Å². The molecule has 0 saturated carbocycles. The van der Waals surface area contributed by atoms with Gasteiger partial charge in [0.05, 0.1) is 11.2 Å². The Kier molecular flexibility index (Phi) is 5.44. The van der Waals surface area contributed by atoms with Crippen molar-refractivity contribution >= 4 is 11.8 Å². The molecule has 20 heavy (non-hydrogen) atoms. The summed E-state index contributed by atoms with van der Waals surface area (Å²) in [7, 11) is 0. The predicted molar refractivity (Wildman–Crippen MR) is 88.6 cm³/mol. The van der Waals surface area contributed by atoms with Gasteiger partial charge in [0.25, 0.3) is 0 Å². The zero-order valence-electron chi connectivity index (χ0n) is 13.9. The largest absolute Gasteiger partial charge is 0.368 e. The molecule has 3 nitrogen and oxygen atoms in total. The van der Waals surface area contributed by atoms with E-state index in [9.17, 15) is 0 Å². The molecule has 1 N–H and O–H groups in total. The molecule has 0 aromatic rings. The lowest BCUT2D eigenvalue weighted by molar-refractivity contribution is -0.0794. The molecule has 2 atom stereocenters. The summed E-state index contributed by atoms with van der Waals surface area (Å²) >= 11 is 2.08. The van der Waals surface area contributed by atoms with Crippen LogP contribution < -0.4 is 5.32 Å². The average Bonchev–Trinajstić information content (AvgIpc) is 2.54. The molecule has 0 aromatic carbocycles. The summed E-state index contributed by atoms with van der Waals surface area (Å²) in [6.45, 7) is 16.0. The monoisotopic (exact) mass is 300 g/mol. The van der Waals surface area contributed by atoms with Crippen LogP contribution in [-0.4, -0.2) is 59.8 Å². The fraction of sp³-hybridized carbons (Fsp3) is 1.00. The summed E-state index contributed by atoms with van der Waals surface area (Å²) < 4.78 is 6.41. The van der Waals surface area contributed by atoms with E-state index >= 15 is 0 Å². The summed E-state index contributed by atoms with van der Waals surface area (Å²) in [6.07, 6.45) is 1.18.